The fourth-order valence-electron chi connectivity index (χ4n) is 5.19. The second-order valence-corrected chi connectivity index (χ2v) is 9.60. The van der Waals surface area contributed by atoms with Crippen LogP contribution in [0.2, 0.25) is 0 Å². The second kappa shape index (κ2) is 12.9. The number of morpholine rings is 1. The van der Waals surface area contributed by atoms with Crippen molar-refractivity contribution in [1.29, 1.82) is 0 Å². The van der Waals surface area contributed by atoms with Gasteiger partial charge in [-0.3, -0.25) is 9.69 Å². The highest BCUT2D eigenvalue weighted by atomic mass is 16.5. The zero-order valence-electron chi connectivity index (χ0n) is 21.5. The Morgan fingerprint density at radius 1 is 0.943 bits per heavy atom. The molecule has 0 unspecified atom stereocenters. The van der Waals surface area contributed by atoms with Gasteiger partial charge in [-0.05, 0) is 56.1 Å². The third-order valence-electron chi connectivity index (χ3n) is 7.03. The standard InChI is InChI=1S/C29H41N3O3/c1-3-35-29-12-8-7-11-25(29)22-30-15-9-5-4-6-10-16-32(24(2)33)28-14-13-27(21-26(28)23-30)31-17-19-34-20-18-31/h7-8,11-14,21H,3-6,9-10,15-20,22-23H2,1-2H3. The molecule has 0 N–H and O–H groups in total. The third kappa shape index (κ3) is 6.98. The topological polar surface area (TPSA) is 45.2 Å². The first-order chi connectivity index (χ1) is 17.2. The Balaban J connectivity index is 1.68. The van der Waals surface area contributed by atoms with Gasteiger partial charge in [-0.25, -0.2) is 0 Å². The lowest BCUT2D eigenvalue weighted by molar-refractivity contribution is -0.116. The minimum absolute atomic E-state index is 0.121. The molecule has 0 aromatic heterocycles. The fraction of sp³-hybridized carbons (Fsp3) is 0.552. The van der Waals surface area contributed by atoms with Crippen LogP contribution in [0.15, 0.2) is 42.5 Å². The van der Waals surface area contributed by atoms with Crippen LogP contribution in [0, 0.1) is 0 Å². The van der Waals surface area contributed by atoms with Crippen LogP contribution in [-0.2, 0) is 22.6 Å². The van der Waals surface area contributed by atoms with E-state index in [0.717, 1.165) is 76.8 Å². The zero-order valence-corrected chi connectivity index (χ0v) is 21.5. The summed E-state index contributed by atoms with van der Waals surface area (Å²) >= 11 is 0. The normalized spacial score (nSPS) is 18.3. The first-order valence-corrected chi connectivity index (χ1v) is 13.3. The number of benzene rings is 2. The Morgan fingerprint density at radius 2 is 1.69 bits per heavy atom. The van der Waals surface area contributed by atoms with Crippen molar-refractivity contribution in [3.8, 4) is 5.75 Å². The van der Waals surface area contributed by atoms with Crippen LogP contribution in [0.3, 0.4) is 0 Å². The number of nitrogens with zero attached hydrogens (tertiary/aromatic N) is 3. The summed E-state index contributed by atoms with van der Waals surface area (Å²) in [5, 5.41) is 0. The molecule has 2 aliphatic rings. The lowest BCUT2D eigenvalue weighted by Crippen LogP contribution is -2.36. The first-order valence-electron chi connectivity index (χ1n) is 13.3. The van der Waals surface area contributed by atoms with E-state index >= 15 is 0 Å². The predicted molar refractivity (Wildman–Crippen MR) is 142 cm³/mol. The number of amides is 1. The molecule has 2 aromatic carbocycles. The van der Waals surface area contributed by atoms with Crippen molar-refractivity contribution in [2.24, 2.45) is 0 Å². The molecule has 1 saturated heterocycles. The SMILES string of the molecule is CCOc1ccccc1CN1CCCCCCCN(C(C)=O)c2ccc(N3CCOCC3)cc2C1. The molecule has 2 aliphatic heterocycles. The van der Waals surface area contributed by atoms with Gasteiger partial charge in [-0.15, -0.1) is 0 Å². The summed E-state index contributed by atoms with van der Waals surface area (Å²) in [5.74, 6) is 1.09. The van der Waals surface area contributed by atoms with E-state index in [1.54, 1.807) is 6.92 Å². The molecule has 0 aliphatic carbocycles. The number of anilines is 2. The van der Waals surface area contributed by atoms with Gasteiger partial charge in [0, 0.05) is 56.6 Å². The largest absolute Gasteiger partial charge is 0.494 e. The Kier molecular flexibility index (Phi) is 9.43. The molecule has 0 saturated carbocycles. The summed E-state index contributed by atoms with van der Waals surface area (Å²) < 4.78 is 11.5. The van der Waals surface area contributed by atoms with Crippen molar-refractivity contribution in [3.63, 3.8) is 0 Å². The Bertz CT molecular complexity index is 958. The number of rotatable bonds is 5. The Morgan fingerprint density at radius 3 is 2.46 bits per heavy atom. The molecule has 35 heavy (non-hydrogen) atoms. The molecular formula is C29H41N3O3. The van der Waals surface area contributed by atoms with E-state index in [2.05, 4.69) is 46.2 Å². The average Bonchev–Trinajstić information content (AvgIpc) is 2.86. The molecule has 6 heteroatoms. The Labute approximate surface area is 210 Å². The highest BCUT2D eigenvalue weighted by Gasteiger charge is 2.21. The zero-order chi connectivity index (χ0) is 24.5. The lowest BCUT2D eigenvalue weighted by Gasteiger charge is -2.32. The summed E-state index contributed by atoms with van der Waals surface area (Å²) in [4.78, 5) is 19.6. The molecule has 0 atom stereocenters. The van der Waals surface area contributed by atoms with Gasteiger partial charge in [0.15, 0.2) is 0 Å². The van der Waals surface area contributed by atoms with E-state index in [9.17, 15) is 4.79 Å². The van der Waals surface area contributed by atoms with Crippen molar-refractivity contribution < 1.29 is 14.3 Å². The lowest BCUT2D eigenvalue weighted by atomic mass is 10.0. The van der Waals surface area contributed by atoms with E-state index in [1.165, 1.54) is 36.1 Å². The van der Waals surface area contributed by atoms with Crippen molar-refractivity contribution in [1.82, 2.24) is 4.90 Å². The molecule has 2 heterocycles. The van der Waals surface area contributed by atoms with Crippen LogP contribution in [0.25, 0.3) is 0 Å². The number of fused-ring (bicyclic) bond motifs is 1. The van der Waals surface area contributed by atoms with E-state index in [-0.39, 0.29) is 5.91 Å². The summed E-state index contributed by atoms with van der Waals surface area (Å²) in [6.07, 6.45) is 5.85. The van der Waals surface area contributed by atoms with Gasteiger partial charge < -0.3 is 19.3 Å². The number of carbonyl (C=O) groups excluding carboxylic acids is 1. The number of hydrogen-bond donors (Lipinski definition) is 0. The van der Waals surface area contributed by atoms with Crippen LogP contribution < -0.4 is 14.5 Å². The van der Waals surface area contributed by atoms with E-state index < -0.39 is 0 Å². The van der Waals surface area contributed by atoms with Gasteiger partial charge in [0.2, 0.25) is 5.91 Å². The maximum atomic E-state index is 12.7. The number of ether oxygens (including phenoxy) is 2. The van der Waals surface area contributed by atoms with Crippen LogP contribution in [0.5, 0.6) is 5.75 Å². The van der Waals surface area contributed by atoms with Gasteiger partial charge in [0.25, 0.3) is 0 Å². The summed E-state index contributed by atoms with van der Waals surface area (Å²) in [6, 6.07) is 15.0. The van der Waals surface area contributed by atoms with Gasteiger partial charge >= 0.3 is 0 Å². The van der Waals surface area contributed by atoms with Gasteiger partial charge in [0.1, 0.15) is 5.75 Å². The predicted octanol–water partition coefficient (Wildman–Crippen LogP) is 5.24. The first kappa shape index (κ1) is 25.5. The van der Waals surface area contributed by atoms with E-state index in [4.69, 9.17) is 9.47 Å². The Hall–Kier alpha value is -2.57. The number of carbonyl (C=O) groups is 1. The average molecular weight is 480 g/mol. The van der Waals surface area contributed by atoms with Gasteiger partial charge in [0.05, 0.1) is 19.8 Å². The van der Waals surface area contributed by atoms with Crippen LogP contribution >= 0.6 is 0 Å². The van der Waals surface area contributed by atoms with Crippen molar-refractivity contribution in [2.75, 3.05) is 55.8 Å². The number of para-hydroxylation sites is 1. The molecule has 0 spiro atoms. The fourth-order valence-corrected chi connectivity index (χ4v) is 5.19. The molecule has 1 fully saturated rings. The monoisotopic (exact) mass is 479 g/mol. The number of hydrogen-bond acceptors (Lipinski definition) is 5. The summed E-state index contributed by atoms with van der Waals surface area (Å²) in [5.41, 5.74) is 4.71. The molecule has 1 amide bonds. The van der Waals surface area contributed by atoms with Crippen LogP contribution in [0.1, 0.15) is 57.1 Å². The van der Waals surface area contributed by atoms with E-state index in [1.807, 2.05) is 17.9 Å². The molecule has 190 valence electrons. The molecule has 2 aromatic rings. The van der Waals surface area contributed by atoms with Crippen molar-refractivity contribution in [2.45, 2.75) is 59.0 Å². The highest BCUT2D eigenvalue weighted by Crippen LogP contribution is 2.31. The summed E-state index contributed by atoms with van der Waals surface area (Å²) in [6.45, 7) is 11.2. The van der Waals surface area contributed by atoms with Crippen LogP contribution in [-0.4, -0.2) is 56.8 Å². The van der Waals surface area contributed by atoms with Gasteiger partial charge in [-0.2, -0.15) is 0 Å². The molecule has 4 rings (SSSR count). The van der Waals surface area contributed by atoms with E-state index in [0.29, 0.717) is 6.61 Å². The molecule has 6 nitrogen and oxygen atoms in total. The highest BCUT2D eigenvalue weighted by molar-refractivity contribution is 5.92. The molecule has 0 bridgehead atoms. The minimum Gasteiger partial charge on any atom is -0.494 e. The van der Waals surface area contributed by atoms with Crippen molar-refractivity contribution in [3.05, 3.63) is 53.6 Å². The maximum absolute atomic E-state index is 12.7. The maximum Gasteiger partial charge on any atom is 0.223 e. The minimum atomic E-state index is 0.121. The van der Waals surface area contributed by atoms with Gasteiger partial charge in [-0.1, -0.05) is 37.5 Å². The quantitative estimate of drug-likeness (QED) is 0.587. The van der Waals surface area contributed by atoms with Crippen molar-refractivity contribution >= 4 is 17.3 Å². The second-order valence-electron chi connectivity index (χ2n) is 9.60. The summed E-state index contributed by atoms with van der Waals surface area (Å²) in [7, 11) is 0. The molecular weight excluding hydrogens is 438 g/mol. The third-order valence-corrected chi connectivity index (χ3v) is 7.03. The van der Waals surface area contributed by atoms with Crippen LogP contribution in [0.4, 0.5) is 11.4 Å². The smallest absolute Gasteiger partial charge is 0.223 e. The molecule has 0 radical (unpaired) electrons.